The van der Waals surface area contributed by atoms with Gasteiger partial charge in [0.25, 0.3) is 0 Å². The van der Waals surface area contributed by atoms with Gasteiger partial charge in [0.15, 0.2) is 0 Å². The van der Waals surface area contributed by atoms with Gasteiger partial charge in [-0.3, -0.25) is 15.4 Å². The molecule has 28 heavy (non-hydrogen) atoms. The predicted octanol–water partition coefficient (Wildman–Crippen LogP) is 1.13. The summed E-state index contributed by atoms with van der Waals surface area (Å²) in [6, 6.07) is 7.54. The zero-order valence-corrected chi connectivity index (χ0v) is 16.1. The third-order valence-corrected chi connectivity index (χ3v) is 6.64. The molecule has 148 valence electrons. The largest absolute Gasteiger partial charge is 0.370 e. The van der Waals surface area contributed by atoms with Crippen molar-refractivity contribution in [1.82, 2.24) is 26.1 Å². The summed E-state index contributed by atoms with van der Waals surface area (Å²) < 4.78 is 0. The maximum Gasteiger partial charge on any atom is 0.0556 e. The maximum atomic E-state index is 5.87. The Morgan fingerprint density at radius 3 is 2.89 bits per heavy atom. The molecule has 0 amide bonds. The van der Waals surface area contributed by atoms with E-state index >= 15 is 0 Å². The SMILES string of the molecule is NC[C@H]1CCN(c2cncc(C3NNC4CNC(c5cccnc5)CC43)c2)C1. The van der Waals surface area contributed by atoms with Crippen LogP contribution in [0.1, 0.15) is 36.1 Å². The highest BCUT2D eigenvalue weighted by molar-refractivity contribution is 5.48. The highest BCUT2D eigenvalue weighted by atomic mass is 15.4. The monoisotopic (exact) mass is 379 g/mol. The Morgan fingerprint density at radius 2 is 2.07 bits per heavy atom. The van der Waals surface area contributed by atoms with E-state index in [2.05, 4.69) is 43.2 Å². The van der Waals surface area contributed by atoms with Crippen molar-refractivity contribution in [2.45, 2.75) is 31.0 Å². The van der Waals surface area contributed by atoms with Gasteiger partial charge in [0.2, 0.25) is 0 Å². The average molecular weight is 380 g/mol. The van der Waals surface area contributed by atoms with Crippen LogP contribution < -0.4 is 26.8 Å². The number of nitrogens with zero attached hydrogens (tertiary/aromatic N) is 3. The zero-order valence-electron chi connectivity index (χ0n) is 16.1. The molecule has 5 N–H and O–H groups in total. The first-order valence-corrected chi connectivity index (χ1v) is 10.4. The Kier molecular flexibility index (Phi) is 4.98. The normalized spacial score (nSPS) is 32.5. The molecular weight excluding hydrogens is 350 g/mol. The lowest BCUT2D eigenvalue weighted by molar-refractivity contribution is 0.266. The van der Waals surface area contributed by atoms with Crippen LogP contribution in [0, 0.1) is 11.8 Å². The molecule has 3 fully saturated rings. The number of hydrogen-bond acceptors (Lipinski definition) is 7. The third-order valence-electron chi connectivity index (χ3n) is 6.64. The predicted molar refractivity (Wildman–Crippen MR) is 109 cm³/mol. The molecule has 0 radical (unpaired) electrons. The van der Waals surface area contributed by atoms with E-state index in [1.165, 1.54) is 23.2 Å². The molecule has 0 saturated carbocycles. The standard InChI is InChI=1S/C21H29N7/c22-8-14-3-5-28(13-14)17-6-16(10-24-11-17)21-18-7-19(15-2-1-4-23-9-15)25-12-20(18)26-27-21/h1-2,4,6,9-11,14,18-21,25-27H,3,5,7-8,12-13,22H2/t14-,18?,19?,20?,21?/m1/s1. The van der Waals surface area contributed by atoms with Crippen LogP contribution in [-0.2, 0) is 0 Å². The fraction of sp³-hybridized carbons (Fsp3) is 0.524. The number of fused-ring (bicyclic) bond motifs is 1. The lowest BCUT2D eigenvalue weighted by Crippen LogP contribution is -2.46. The summed E-state index contributed by atoms with van der Waals surface area (Å²) >= 11 is 0. The second-order valence-corrected chi connectivity index (χ2v) is 8.33. The van der Waals surface area contributed by atoms with Gasteiger partial charge in [0.05, 0.1) is 17.9 Å². The minimum atomic E-state index is 0.270. The Labute approximate surface area is 166 Å². The minimum absolute atomic E-state index is 0.270. The Bertz CT molecular complexity index is 798. The highest BCUT2D eigenvalue weighted by Crippen LogP contribution is 2.39. The van der Waals surface area contributed by atoms with Crippen LogP contribution >= 0.6 is 0 Å². The van der Waals surface area contributed by atoms with Crippen molar-refractivity contribution in [3.8, 4) is 0 Å². The number of rotatable bonds is 4. The summed E-state index contributed by atoms with van der Waals surface area (Å²) in [5.74, 6) is 1.11. The molecule has 4 unspecified atom stereocenters. The number of pyridine rings is 2. The van der Waals surface area contributed by atoms with E-state index in [0.717, 1.165) is 32.6 Å². The third kappa shape index (κ3) is 3.39. The smallest absolute Gasteiger partial charge is 0.0556 e. The van der Waals surface area contributed by atoms with Gasteiger partial charge >= 0.3 is 0 Å². The summed E-state index contributed by atoms with van der Waals surface area (Å²) in [6.07, 6.45) is 10.1. The molecule has 5 heterocycles. The summed E-state index contributed by atoms with van der Waals surface area (Å²) in [7, 11) is 0. The molecule has 3 saturated heterocycles. The van der Waals surface area contributed by atoms with Gasteiger partial charge in [0, 0.05) is 50.3 Å². The summed E-state index contributed by atoms with van der Waals surface area (Å²) in [6.45, 7) is 3.83. The summed E-state index contributed by atoms with van der Waals surface area (Å²) in [5.41, 5.74) is 16.7. The van der Waals surface area contributed by atoms with Crippen LogP contribution in [0.5, 0.6) is 0 Å². The second kappa shape index (κ2) is 7.75. The molecule has 5 atom stereocenters. The van der Waals surface area contributed by atoms with E-state index in [0.29, 0.717) is 23.9 Å². The lowest BCUT2D eigenvalue weighted by Gasteiger charge is -2.34. The number of anilines is 1. The van der Waals surface area contributed by atoms with Crippen LogP contribution in [0.15, 0.2) is 43.0 Å². The number of aromatic nitrogens is 2. The van der Waals surface area contributed by atoms with E-state index in [4.69, 9.17) is 5.73 Å². The van der Waals surface area contributed by atoms with Gasteiger partial charge in [-0.1, -0.05) is 6.07 Å². The first kappa shape index (κ1) is 18.0. The minimum Gasteiger partial charge on any atom is -0.370 e. The Hall–Kier alpha value is -2.06. The Morgan fingerprint density at radius 1 is 1.14 bits per heavy atom. The van der Waals surface area contributed by atoms with Gasteiger partial charge in [-0.2, -0.15) is 0 Å². The van der Waals surface area contributed by atoms with Gasteiger partial charge in [-0.15, -0.1) is 0 Å². The van der Waals surface area contributed by atoms with Gasteiger partial charge in [-0.25, -0.2) is 5.43 Å². The number of nitrogens with one attached hydrogen (secondary N) is 3. The fourth-order valence-corrected chi connectivity index (χ4v) is 4.98. The van der Waals surface area contributed by atoms with Crippen molar-refractivity contribution < 1.29 is 0 Å². The van der Waals surface area contributed by atoms with Crippen LogP contribution in [-0.4, -0.2) is 42.2 Å². The van der Waals surface area contributed by atoms with Crippen LogP contribution in [0.2, 0.25) is 0 Å². The molecule has 3 aliphatic heterocycles. The van der Waals surface area contributed by atoms with Crippen molar-refractivity contribution in [3.63, 3.8) is 0 Å². The molecule has 0 aliphatic carbocycles. The molecule has 3 aliphatic rings. The van der Waals surface area contributed by atoms with E-state index in [1.807, 2.05) is 30.9 Å². The quantitative estimate of drug-likeness (QED) is 0.633. The highest BCUT2D eigenvalue weighted by Gasteiger charge is 2.41. The first-order valence-electron chi connectivity index (χ1n) is 10.4. The molecule has 0 spiro atoms. The topological polar surface area (TPSA) is 91.1 Å². The van der Waals surface area contributed by atoms with Crippen molar-refractivity contribution in [2.24, 2.45) is 17.6 Å². The second-order valence-electron chi connectivity index (χ2n) is 8.33. The molecule has 7 nitrogen and oxygen atoms in total. The number of hydrazine groups is 1. The van der Waals surface area contributed by atoms with E-state index in [1.54, 1.807) is 0 Å². The number of piperidine rings is 1. The van der Waals surface area contributed by atoms with Crippen molar-refractivity contribution in [2.75, 3.05) is 31.1 Å². The van der Waals surface area contributed by atoms with Crippen LogP contribution in [0.25, 0.3) is 0 Å². The number of nitrogens with two attached hydrogens (primary N) is 1. The molecule has 7 heteroatoms. The molecule has 0 bridgehead atoms. The lowest BCUT2D eigenvalue weighted by atomic mass is 9.80. The average Bonchev–Trinajstić information content (AvgIpc) is 3.41. The first-order chi connectivity index (χ1) is 13.8. The van der Waals surface area contributed by atoms with Crippen molar-refractivity contribution >= 4 is 5.69 Å². The summed E-state index contributed by atoms with van der Waals surface area (Å²) in [4.78, 5) is 11.3. The van der Waals surface area contributed by atoms with Crippen molar-refractivity contribution in [3.05, 3.63) is 54.1 Å². The van der Waals surface area contributed by atoms with Gasteiger partial charge in [-0.05, 0) is 54.5 Å². The molecular formula is C21H29N7. The van der Waals surface area contributed by atoms with Crippen LogP contribution in [0.4, 0.5) is 5.69 Å². The van der Waals surface area contributed by atoms with Crippen molar-refractivity contribution in [1.29, 1.82) is 0 Å². The fourth-order valence-electron chi connectivity index (χ4n) is 4.98. The van der Waals surface area contributed by atoms with E-state index in [9.17, 15) is 0 Å². The molecule has 0 aromatic carbocycles. The maximum absolute atomic E-state index is 5.87. The van der Waals surface area contributed by atoms with Gasteiger partial charge in [0.1, 0.15) is 0 Å². The molecule has 2 aromatic rings. The van der Waals surface area contributed by atoms with E-state index < -0.39 is 0 Å². The molecule has 2 aromatic heterocycles. The zero-order chi connectivity index (χ0) is 18.9. The van der Waals surface area contributed by atoms with Crippen LogP contribution in [0.3, 0.4) is 0 Å². The summed E-state index contributed by atoms with van der Waals surface area (Å²) in [5, 5.41) is 3.67. The molecule has 5 rings (SSSR count). The van der Waals surface area contributed by atoms with Gasteiger partial charge < -0.3 is 16.0 Å². The van der Waals surface area contributed by atoms with E-state index in [-0.39, 0.29) is 6.04 Å². The Balaban J connectivity index is 1.34. The number of hydrogen-bond donors (Lipinski definition) is 4.